The van der Waals surface area contributed by atoms with E-state index in [0.29, 0.717) is 31.1 Å². The van der Waals surface area contributed by atoms with Gasteiger partial charge in [-0.15, -0.1) is 0 Å². The Morgan fingerprint density at radius 2 is 1.33 bits per heavy atom. The molecule has 3 unspecified atom stereocenters. The summed E-state index contributed by atoms with van der Waals surface area (Å²) in [6.45, 7) is 3.91. The summed E-state index contributed by atoms with van der Waals surface area (Å²) < 4.78 is 0. The van der Waals surface area contributed by atoms with Crippen molar-refractivity contribution in [1.29, 1.82) is 0 Å². The van der Waals surface area contributed by atoms with E-state index >= 15 is 0 Å². The molecule has 0 aromatic heterocycles. The van der Waals surface area contributed by atoms with Gasteiger partial charge < -0.3 is 15.5 Å². The van der Waals surface area contributed by atoms with Gasteiger partial charge in [0, 0.05) is 37.5 Å². The highest BCUT2D eigenvalue weighted by molar-refractivity contribution is 5.93. The van der Waals surface area contributed by atoms with Crippen LogP contribution in [0.25, 0.3) is 0 Å². The molecular formula is C31H51NO7. The van der Waals surface area contributed by atoms with E-state index in [1.165, 1.54) is 32.1 Å². The lowest BCUT2D eigenvalue weighted by Gasteiger charge is -2.23. The summed E-state index contributed by atoms with van der Waals surface area (Å²) in [5.74, 6) is -4.01. The van der Waals surface area contributed by atoms with Crippen LogP contribution >= 0.6 is 0 Å². The molecular weight excluding hydrogens is 498 g/mol. The van der Waals surface area contributed by atoms with Crippen LogP contribution in [0.4, 0.5) is 0 Å². The van der Waals surface area contributed by atoms with Crippen molar-refractivity contribution in [3.05, 3.63) is 0 Å². The predicted octanol–water partition coefficient (Wildman–Crippen LogP) is 5.60. The lowest BCUT2D eigenvalue weighted by atomic mass is 9.82. The highest BCUT2D eigenvalue weighted by Gasteiger charge is 2.31. The van der Waals surface area contributed by atoms with Gasteiger partial charge in [0.2, 0.25) is 0 Å². The lowest BCUT2D eigenvalue weighted by Crippen LogP contribution is -2.28. The fourth-order valence-corrected chi connectivity index (χ4v) is 6.42. The Hall–Kier alpha value is -2.09. The van der Waals surface area contributed by atoms with Gasteiger partial charge in [-0.2, -0.15) is 0 Å². The Balaban J connectivity index is 1.84. The molecule has 3 atom stereocenters. The van der Waals surface area contributed by atoms with Crippen LogP contribution in [0, 0.1) is 29.6 Å². The second-order valence-electron chi connectivity index (χ2n) is 12.0. The summed E-state index contributed by atoms with van der Waals surface area (Å²) in [4.78, 5) is 62.0. The van der Waals surface area contributed by atoms with Gasteiger partial charge in [-0.3, -0.25) is 24.0 Å². The minimum absolute atomic E-state index is 0.00975. The van der Waals surface area contributed by atoms with Crippen LogP contribution in [0.2, 0.25) is 0 Å². The van der Waals surface area contributed by atoms with Gasteiger partial charge in [0.1, 0.15) is 17.3 Å². The van der Waals surface area contributed by atoms with Crippen molar-refractivity contribution in [1.82, 2.24) is 5.32 Å². The van der Waals surface area contributed by atoms with Gasteiger partial charge in [0.15, 0.2) is 0 Å². The van der Waals surface area contributed by atoms with Crippen LogP contribution in [0.15, 0.2) is 0 Å². The van der Waals surface area contributed by atoms with Gasteiger partial charge in [-0.25, -0.2) is 0 Å². The molecule has 222 valence electrons. The third kappa shape index (κ3) is 13.2. The van der Waals surface area contributed by atoms with Crippen LogP contribution in [0.1, 0.15) is 122 Å². The Bertz CT molecular complexity index is 799. The number of carboxylic acid groups (broad SMARTS) is 2. The maximum absolute atomic E-state index is 13.0. The molecule has 1 saturated heterocycles. The average Bonchev–Trinajstić information content (AvgIpc) is 2.91. The third-order valence-corrected chi connectivity index (χ3v) is 8.95. The van der Waals surface area contributed by atoms with E-state index in [9.17, 15) is 34.2 Å². The van der Waals surface area contributed by atoms with Crippen molar-refractivity contribution < 1.29 is 34.2 Å². The molecule has 3 N–H and O–H groups in total. The maximum Gasteiger partial charge on any atom is 0.306 e. The van der Waals surface area contributed by atoms with Crippen molar-refractivity contribution in [2.75, 3.05) is 13.1 Å². The van der Waals surface area contributed by atoms with Crippen molar-refractivity contribution in [2.24, 2.45) is 29.6 Å². The summed E-state index contributed by atoms with van der Waals surface area (Å²) in [6.07, 6.45) is 12.2. The SMILES string of the molecule is CCC(CC(=O)CC(CC(=O)O)C(=O)CC(CCCC1CCCCC1)C(=O)O)C(=O)CCCC1CCNCC1. The zero-order valence-electron chi connectivity index (χ0n) is 24.0. The van der Waals surface area contributed by atoms with E-state index < -0.39 is 41.9 Å². The van der Waals surface area contributed by atoms with E-state index in [1.54, 1.807) is 0 Å². The highest BCUT2D eigenvalue weighted by Crippen LogP contribution is 2.30. The molecule has 39 heavy (non-hydrogen) atoms. The molecule has 0 amide bonds. The fraction of sp³-hybridized carbons (Fsp3) is 0.839. The minimum Gasteiger partial charge on any atom is -0.481 e. The van der Waals surface area contributed by atoms with Gasteiger partial charge in [-0.05, 0) is 63.5 Å². The van der Waals surface area contributed by atoms with Crippen LogP contribution in [-0.2, 0) is 24.0 Å². The number of nitrogens with one attached hydrogen (secondary N) is 1. The first-order valence-electron chi connectivity index (χ1n) is 15.4. The van der Waals surface area contributed by atoms with Crippen LogP contribution < -0.4 is 5.32 Å². The Kier molecular flexibility index (Phi) is 15.5. The molecule has 2 aliphatic rings. The first-order chi connectivity index (χ1) is 18.7. The summed E-state index contributed by atoms with van der Waals surface area (Å²) in [7, 11) is 0. The van der Waals surface area contributed by atoms with E-state index in [-0.39, 0.29) is 30.8 Å². The van der Waals surface area contributed by atoms with Crippen molar-refractivity contribution >= 4 is 29.3 Å². The standard InChI is InChI=1S/C31H51NO7/c1-2-24(28(34)13-7-11-23-14-16-32-17-15-23)18-27(33)19-26(21-30(36)37)29(35)20-25(31(38)39)12-6-10-22-8-4-3-5-9-22/h22-26,32H,2-21H2,1H3,(H,36,37)(H,38,39). The number of piperidine rings is 1. The molecule has 8 heteroatoms. The molecule has 0 aromatic rings. The predicted molar refractivity (Wildman–Crippen MR) is 149 cm³/mol. The van der Waals surface area contributed by atoms with Gasteiger partial charge in [0.25, 0.3) is 0 Å². The zero-order chi connectivity index (χ0) is 28.6. The molecule has 8 nitrogen and oxygen atoms in total. The number of carbonyl (C=O) groups excluding carboxylic acids is 3. The molecule has 2 fully saturated rings. The molecule has 1 saturated carbocycles. The van der Waals surface area contributed by atoms with E-state index in [4.69, 9.17) is 0 Å². The normalized spacial score (nSPS) is 19.2. The summed E-state index contributed by atoms with van der Waals surface area (Å²) >= 11 is 0. The van der Waals surface area contributed by atoms with E-state index in [1.807, 2.05) is 6.92 Å². The quantitative estimate of drug-likeness (QED) is 0.178. The largest absolute Gasteiger partial charge is 0.481 e. The number of carbonyl (C=O) groups is 5. The van der Waals surface area contributed by atoms with Gasteiger partial charge in [-0.1, -0.05) is 51.9 Å². The van der Waals surface area contributed by atoms with Gasteiger partial charge in [0.05, 0.1) is 12.3 Å². The van der Waals surface area contributed by atoms with E-state index in [0.717, 1.165) is 51.6 Å². The van der Waals surface area contributed by atoms with Crippen LogP contribution in [0.5, 0.6) is 0 Å². The Morgan fingerprint density at radius 3 is 1.95 bits per heavy atom. The summed E-state index contributed by atoms with van der Waals surface area (Å²) in [5, 5.41) is 22.4. The molecule has 1 aliphatic heterocycles. The Labute approximate surface area is 234 Å². The van der Waals surface area contributed by atoms with Crippen molar-refractivity contribution in [3.63, 3.8) is 0 Å². The molecule has 1 aliphatic carbocycles. The average molecular weight is 550 g/mol. The molecule has 1 heterocycles. The number of carboxylic acids is 2. The molecule has 0 aromatic carbocycles. The topological polar surface area (TPSA) is 138 Å². The molecule has 0 spiro atoms. The monoisotopic (exact) mass is 549 g/mol. The van der Waals surface area contributed by atoms with Crippen molar-refractivity contribution in [2.45, 2.75) is 122 Å². The molecule has 0 radical (unpaired) electrons. The number of ketones is 3. The number of rotatable bonds is 20. The fourth-order valence-electron chi connectivity index (χ4n) is 6.42. The summed E-state index contributed by atoms with van der Waals surface area (Å²) in [5.41, 5.74) is 0. The van der Waals surface area contributed by atoms with Crippen molar-refractivity contribution in [3.8, 4) is 0 Å². The first kappa shape index (κ1) is 33.1. The third-order valence-electron chi connectivity index (χ3n) is 8.95. The number of aliphatic carboxylic acids is 2. The smallest absolute Gasteiger partial charge is 0.306 e. The molecule has 0 bridgehead atoms. The second-order valence-corrected chi connectivity index (χ2v) is 12.0. The number of hydrogen-bond donors (Lipinski definition) is 3. The minimum atomic E-state index is -1.19. The number of hydrogen-bond acceptors (Lipinski definition) is 6. The van der Waals surface area contributed by atoms with E-state index in [2.05, 4.69) is 5.32 Å². The lowest BCUT2D eigenvalue weighted by molar-refractivity contribution is -0.145. The highest BCUT2D eigenvalue weighted by atomic mass is 16.4. The summed E-state index contributed by atoms with van der Waals surface area (Å²) in [6, 6.07) is 0. The Morgan fingerprint density at radius 1 is 0.718 bits per heavy atom. The second kappa shape index (κ2) is 18.3. The maximum atomic E-state index is 13.0. The number of Topliss-reactive ketones (excluding diaryl/α,β-unsaturated/α-hetero) is 3. The first-order valence-corrected chi connectivity index (χ1v) is 15.4. The van der Waals surface area contributed by atoms with Crippen LogP contribution in [-0.4, -0.2) is 52.6 Å². The molecule has 2 rings (SSSR count). The van der Waals surface area contributed by atoms with Crippen LogP contribution in [0.3, 0.4) is 0 Å². The van der Waals surface area contributed by atoms with Gasteiger partial charge >= 0.3 is 11.9 Å². The zero-order valence-corrected chi connectivity index (χ0v) is 24.0.